The molecule has 0 radical (unpaired) electrons. The monoisotopic (exact) mass is 493 g/mol. The number of likely N-dealkylation sites (tertiary alicyclic amines) is 1. The van der Waals surface area contributed by atoms with Crippen molar-refractivity contribution in [2.24, 2.45) is 12.0 Å². The van der Waals surface area contributed by atoms with Crippen molar-refractivity contribution >= 4 is 41.5 Å². The van der Waals surface area contributed by atoms with E-state index in [0.29, 0.717) is 37.0 Å². The Bertz CT molecular complexity index is 590. The Kier molecular flexibility index (Phi) is 8.33. The van der Waals surface area contributed by atoms with Gasteiger partial charge in [-0.1, -0.05) is 11.6 Å². The van der Waals surface area contributed by atoms with Crippen LogP contribution in [0.1, 0.15) is 12.1 Å². The van der Waals surface area contributed by atoms with Gasteiger partial charge in [-0.2, -0.15) is 13.2 Å². The van der Waals surface area contributed by atoms with E-state index in [4.69, 9.17) is 11.6 Å². The SMILES string of the molecule is CN=C(NC1CCN(CC(F)(F)F)C1)N(C)Cc1cc(Cl)cn1C.I. The highest BCUT2D eigenvalue weighted by Gasteiger charge is 2.34. The van der Waals surface area contributed by atoms with E-state index in [2.05, 4.69) is 10.3 Å². The van der Waals surface area contributed by atoms with Crippen LogP contribution in [0.3, 0.4) is 0 Å². The molecule has 1 aromatic heterocycles. The van der Waals surface area contributed by atoms with Gasteiger partial charge >= 0.3 is 6.18 Å². The van der Waals surface area contributed by atoms with Crippen molar-refractivity contribution in [2.45, 2.75) is 25.2 Å². The Morgan fingerprint density at radius 2 is 2.16 bits per heavy atom. The first-order valence-electron chi connectivity index (χ1n) is 7.72. The van der Waals surface area contributed by atoms with Crippen LogP contribution in [0.2, 0.25) is 5.02 Å². The number of aliphatic imine (C=N–C) groups is 1. The fourth-order valence-electron chi connectivity index (χ4n) is 2.92. The molecule has 1 fully saturated rings. The highest BCUT2D eigenvalue weighted by Crippen LogP contribution is 2.20. The normalized spacial score (nSPS) is 19.0. The van der Waals surface area contributed by atoms with Gasteiger partial charge < -0.3 is 14.8 Å². The van der Waals surface area contributed by atoms with E-state index >= 15 is 0 Å². The van der Waals surface area contributed by atoms with Gasteiger partial charge in [-0.15, -0.1) is 24.0 Å². The van der Waals surface area contributed by atoms with E-state index in [1.807, 2.05) is 35.8 Å². The van der Waals surface area contributed by atoms with Crippen molar-refractivity contribution < 1.29 is 13.2 Å². The van der Waals surface area contributed by atoms with Gasteiger partial charge in [0.15, 0.2) is 5.96 Å². The van der Waals surface area contributed by atoms with Gasteiger partial charge in [-0.05, 0) is 12.5 Å². The summed E-state index contributed by atoms with van der Waals surface area (Å²) >= 11 is 5.99. The number of aryl methyl sites for hydroxylation is 1. The van der Waals surface area contributed by atoms with E-state index in [1.54, 1.807) is 7.05 Å². The van der Waals surface area contributed by atoms with E-state index in [1.165, 1.54) is 4.90 Å². The zero-order valence-corrected chi connectivity index (χ0v) is 17.6. The number of nitrogens with zero attached hydrogens (tertiary/aromatic N) is 4. The predicted octanol–water partition coefficient (Wildman–Crippen LogP) is 2.94. The van der Waals surface area contributed by atoms with Crippen LogP contribution in [0.25, 0.3) is 0 Å². The van der Waals surface area contributed by atoms with Gasteiger partial charge in [0.1, 0.15) is 0 Å². The average Bonchev–Trinajstić information content (AvgIpc) is 3.00. The number of rotatable bonds is 4. The van der Waals surface area contributed by atoms with Crippen LogP contribution in [0.4, 0.5) is 13.2 Å². The molecule has 0 aromatic carbocycles. The molecule has 2 heterocycles. The van der Waals surface area contributed by atoms with Crippen LogP contribution < -0.4 is 5.32 Å². The number of nitrogens with one attached hydrogen (secondary N) is 1. The molecule has 0 aliphatic carbocycles. The molecule has 1 aliphatic heterocycles. The molecule has 5 nitrogen and oxygen atoms in total. The van der Waals surface area contributed by atoms with Gasteiger partial charge in [0, 0.05) is 52.2 Å². The smallest absolute Gasteiger partial charge is 0.352 e. The number of hydrogen-bond acceptors (Lipinski definition) is 2. The third-order valence-electron chi connectivity index (χ3n) is 4.06. The number of hydrogen-bond donors (Lipinski definition) is 1. The highest BCUT2D eigenvalue weighted by molar-refractivity contribution is 14.0. The molecule has 144 valence electrons. The topological polar surface area (TPSA) is 35.8 Å². The minimum atomic E-state index is -4.15. The maximum absolute atomic E-state index is 12.5. The molecule has 10 heteroatoms. The Labute approximate surface area is 168 Å². The first-order valence-corrected chi connectivity index (χ1v) is 8.10. The maximum atomic E-state index is 12.5. The zero-order valence-electron chi connectivity index (χ0n) is 14.5. The molecule has 1 aliphatic rings. The molecule has 1 aromatic rings. The molecule has 0 spiro atoms. The van der Waals surface area contributed by atoms with Crippen LogP contribution in [0.15, 0.2) is 17.3 Å². The molecule has 1 saturated heterocycles. The van der Waals surface area contributed by atoms with Gasteiger partial charge in [-0.25, -0.2) is 0 Å². The molecular weight excluding hydrogens is 470 g/mol. The minimum absolute atomic E-state index is 0. The number of alkyl halides is 3. The van der Waals surface area contributed by atoms with Gasteiger partial charge in [0.25, 0.3) is 0 Å². The van der Waals surface area contributed by atoms with Crippen LogP contribution in [-0.4, -0.2) is 66.3 Å². The predicted molar refractivity (Wildman–Crippen MR) is 105 cm³/mol. The molecular formula is C15H24ClF3IN5. The summed E-state index contributed by atoms with van der Waals surface area (Å²) in [6.45, 7) is 0.539. The second-order valence-corrected chi connectivity index (χ2v) is 6.58. The number of aromatic nitrogens is 1. The summed E-state index contributed by atoms with van der Waals surface area (Å²) in [4.78, 5) is 7.58. The maximum Gasteiger partial charge on any atom is 0.401 e. The second-order valence-electron chi connectivity index (χ2n) is 6.14. The molecule has 1 N–H and O–H groups in total. The van der Waals surface area contributed by atoms with Crippen molar-refractivity contribution in [3.05, 3.63) is 23.0 Å². The fraction of sp³-hybridized carbons (Fsp3) is 0.667. The summed E-state index contributed by atoms with van der Waals surface area (Å²) in [6.07, 6.45) is -1.66. The van der Waals surface area contributed by atoms with Gasteiger partial charge in [-0.3, -0.25) is 9.89 Å². The summed E-state index contributed by atoms with van der Waals surface area (Å²) < 4.78 is 39.3. The first kappa shape index (κ1) is 22.4. The Balaban J connectivity index is 0.00000312. The lowest BCUT2D eigenvalue weighted by atomic mass is 10.2. The summed E-state index contributed by atoms with van der Waals surface area (Å²) in [6, 6.07) is 1.84. The lowest BCUT2D eigenvalue weighted by Crippen LogP contribution is -2.45. The first-order chi connectivity index (χ1) is 11.2. The lowest BCUT2D eigenvalue weighted by molar-refractivity contribution is -0.143. The van der Waals surface area contributed by atoms with Crippen LogP contribution >= 0.6 is 35.6 Å². The van der Waals surface area contributed by atoms with Crippen molar-refractivity contribution in [3.8, 4) is 0 Å². The van der Waals surface area contributed by atoms with E-state index in [-0.39, 0.29) is 30.0 Å². The van der Waals surface area contributed by atoms with Crippen molar-refractivity contribution in [1.82, 2.24) is 19.7 Å². The largest absolute Gasteiger partial charge is 0.401 e. The van der Waals surface area contributed by atoms with Crippen molar-refractivity contribution in [2.75, 3.05) is 33.7 Å². The summed E-state index contributed by atoms with van der Waals surface area (Å²) in [5, 5.41) is 3.92. The minimum Gasteiger partial charge on any atom is -0.352 e. The third kappa shape index (κ3) is 6.86. The van der Waals surface area contributed by atoms with Crippen molar-refractivity contribution in [1.29, 1.82) is 0 Å². The van der Waals surface area contributed by atoms with Crippen LogP contribution in [0.5, 0.6) is 0 Å². The molecule has 1 atom stereocenters. The second kappa shape index (κ2) is 9.31. The Morgan fingerprint density at radius 1 is 1.48 bits per heavy atom. The Morgan fingerprint density at radius 3 is 2.68 bits per heavy atom. The van der Waals surface area contributed by atoms with Gasteiger partial charge in [0.05, 0.1) is 18.1 Å². The standard InChI is InChI=1S/C15H23ClF3N5.HI/c1-20-14(23(3)9-13-6-11(16)7-22(13)2)21-12-4-5-24(8-12)10-15(17,18)19;/h6-7,12H,4-5,8-10H2,1-3H3,(H,20,21);1H. The molecule has 0 amide bonds. The molecule has 2 rings (SSSR count). The summed E-state index contributed by atoms with van der Waals surface area (Å²) in [5.74, 6) is 0.659. The Hall–Kier alpha value is -0.680. The van der Waals surface area contributed by atoms with Crippen LogP contribution in [-0.2, 0) is 13.6 Å². The molecule has 1 unspecified atom stereocenters. The quantitative estimate of drug-likeness (QED) is 0.398. The molecule has 25 heavy (non-hydrogen) atoms. The van der Waals surface area contributed by atoms with E-state index in [0.717, 1.165) is 5.69 Å². The summed E-state index contributed by atoms with van der Waals surface area (Å²) in [7, 11) is 5.47. The van der Waals surface area contributed by atoms with E-state index in [9.17, 15) is 13.2 Å². The molecule has 0 bridgehead atoms. The third-order valence-corrected chi connectivity index (χ3v) is 4.26. The highest BCUT2D eigenvalue weighted by atomic mass is 127. The summed E-state index contributed by atoms with van der Waals surface area (Å²) in [5.41, 5.74) is 1.02. The zero-order chi connectivity index (χ0) is 17.9. The fourth-order valence-corrected chi connectivity index (χ4v) is 3.19. The van der Waals surface area contributed by atoms with Crippen LogP contribution in [0, 0.1) is 0 Å². The lowest BCUT2D eigenvalue weighted by Gasteiger charge is -2.25. The van der Waals surface area contributed by atoms with Gasteiger partial charge in [0.2, 0.25) is 0 Å². The average molecular weight is 494 g/mol. The molecule has 0 saturated carbocycles. The van der Waals surface area contributed by atoms with E-state index < -0.39 is 12.7 Å². The number of guanidine groups is 1. The number of halogens is 5. The van der Waals surface area contributed by atoms with Crippen molar-refractivity contribution in [3.63, 3.8) is 0 Å².